The Labute approximate surface area is 117 Å². The number of aliphatic carboxylic acids is 1. The van der Waals surface area contributed by atoms with Crippen LogP contribution in [0.15, 0.2) is 18.2 Å². The molecular weight excluding hydrogens is 264 g/mol. The number of hydrogen-bond donors (Lipinski definition) is 1. The summed E-state index contributed by atoms with van der Waals surface area (Å²) in [4.78, 5) is 13.1. The van der Waals surface area contributed by atoms with E-state index in [0.29, 0.717) is 25.1 Å². The molecule has 5 heteroatoms. The Morgan fingerprint density at radius 2 is 2.05 bits per heavy atom. The van der Waals surface area contributed by atoms with Crippen molar-refractivity contribution in [3.8, 4) is 0 Å². The molecule has 1 saturated heterocycles. The number of carboxylic acid groups (broad SMARTS) is 1. The van der Waals surface area contributed by atoms with Gasteiger partial charge < -0.3 is 10.0 Å². The number of hydrogen-bond acceptors (Lipinski definition) is 2. The van der Waals surface area contributed by atoms with Crippen LogP contribution in [0.3, 0.4) is 0 Å². The maximum absolute atomic E-state index is 13.2. The van der Waals surface area contributed by atoms with E-state index in [1.807, 2.05) is 6.92 Å². The van der Waals surface area contributed by atoms with Gasteiger partial charge in [0, 0.05) is 19.2 Å². The molecule has 0 spiro atoms. The lowest BCUT2D eigenvalue weighted by molar-refractivity contribution is -0.143. The molecule has 0 aliphatic carbocycles. The zero-order valence-corrected chi connectivity index (χ0v) is 11.5. The van der Waals surface area contributed by atoms with Crippen molar-refractivity contribution in [3.63, 3.8) is 0 Å². The molecule has 20 heavy (non-hydrogen) atoms. The van der Waals surface area contributed by atoms with E-state index >= 15 is 0 Å². The molecule has 1 aromatic rings. The maximum Gasteiger partial charge on any atom is 0.307 e. The van der Waals surface area contributed by atoms with E-state index in [1.165, 1.54) is 12.1 Å². The summed E-state index contributed by atoms with van der Waals surface area (Å²) >= 11 is 0. The molecule has 1 fully saturated rings. The van der Waals surface area contributed by atoms with E-state index in [1.54, 1.807) is 0 Å². The van der Waals surface area contributed by atoms with Crippen molar-refractivity contribution < 1.29 is 18.7 Å². The number of benzene rings is 1. The molecule has 0 bridgehead atoms. The van der Waals surface area contributed by atoms with Crippen molar-refractivity contribution >= 4 is 5.97 Å². The quantitative estimate of drug-likeness (QED) is 0.923. The SMILES string of the molecule is CC(CN1CCCC(C(=O)O)C1)c1cc(F)cc(F)c1. The van der Waals surface area contributed by atoms with Crippen molar-refractivity contribution in [2.24, 2.45) is 5.92 Å². The van der Waals surface area contributed by atoms with Gasteiger partial charge in [-0.2, -0.15) is 0 Å². The summed E-state index contributed by atoms with van der Waals surface area (Å²) in [6.07, 6.45) is 1.55. The van der Waals surface area contributed by atoms with Crippen LogP contribution in [0, 0.1) is 17.6 Å². The van der Waals surface area contributed by atoms with E-state index in [2.05, 4.69) is 4.90 Å². The van der Waals surface area contributed by atoms with Gasteiger partial charge >= 0.3 is 5.97 Å². The van der Waals surface area contributed by atoms with E-state index in [-0.39, 0.29) is 11.8 Å². The van der Waals surface area contributed by atoms with Crippen molar-refractivity contribution in [2.75, 3.05) is 19.6 Å². The molecule has 1 aliphatic rings. The molecule has 1 heterocycles. The lowest BCUT2D eigenvalue weighted by Gasteiger charge is -2.32. The number of halogens is 2. The monoisotopic (exact) mass is 283 g/mol. The number of carboxylic acids is 1. The van der Waals surface area contributed by atoms with Gasteiger partial charge in [-0.3, -0.25) is 4.79 Å². The first-order valence-corrected chi connectivity index (χ1v) is 6.87. The van der Waals surface area contributed by atoms with Gasteiger partial charge in [0.2, 0.25) is 0 Å². The van der Waals surface area contributed by atoms with Gasteiger partial charge in [0.05, 0.1) is 5.92 Å². The molecule has 1 aliphatic heterocycles. The third kappa shape index (κ3) is 3.76. The molecule has 0 saturated carbocycles. The Morgan fingerprint density at radius 1 is 1.40 bits per heavy atom. The highest BCUT2D eigenvalue weighted by Gasteiger charge is 2.26. The lowest BCUT2D eigenvalue weighted by atomic mass is 9.95. The Kier molecular flexibility index (Phi) is 4.70. The molecule has 1 aromatic carbocycles. The number of carbonyl (C=O) groups is 1. The molecule has 0 aromatic heterocycles. The zero-order valence-electron chi connectivity index (χ0n) is 11.5. The van der Waals surface area contributed by atoms with Gasteiger partial charge in [-0.25, -0.2) is 8.78 Å². The third-order valence-electron chi connectivity index (χ3n) is 3.84. The fourth-order valence-electron chi connectivity index (χ4n) is 2.78. The van der Waals surface area contributed by atoms with E-state index in [4.69, 9.17) is 5.11 Å². The molecule has 2 rings (SSSR count). The number of likely N-dealkylation sites (tertiary alicyclic amines) is 1. The topological polar surface area (TPSA) is 40.5 Å². The first-order chi connectivity index (χ1) is 9.45. The lowest BCUT2D eigenvalue weighted by Crippen LogP contribution is -2.40. The Hall–Kier alpha value is -1.49. The number of nitrogens with zero attached hydrogens (tertiary/aromatic N) is 1. The van der Waals surface area contributed by atoms with Crippen molar-refractivity contribution in [1.29, 1.82) is 0 Å². The van der Waals surface area contributed by atoms with E-state index in [9.17, 15) is 13.6 Å². The van der Waals surface area contributed by atoms with Gasteiger partial charge in [0.15, 0.2) is 0 Å². The van der Waals surface area contributed by atoms with Crippen LogP contribution in [-0.2, 0) is 4.79 Å². The fourth-order valence-corrected chi connectivity index (χ4v) is 2.78. The summed E-state index contributed by atoms with van der Waals surface area (Å²) in [5.74, 6) is -2.28. The molecule has 1 N–H and O–H groups in total. The normalized spacial score (nSPS) is 21.6. The van der Waals surface area contributed by atoms with Crippen LogP contribution in [0.2, 0.25) is 0 Å². The summed E-state index contributed by atoms with van der Waals surface area (Å²) in [7, 11) is 0. The Morgan fingerprint density at radius 3 is 2.65 bits per heavy atom. The van der Waals surface area contributed by atoms with Gasteiger partial charge in [-0.05, 0) is 43.0 Å². The van der Waals surface area contributed by atoms with E-state index < -0.39 is 17.6 Å². The van der Waals surface area contributed by atoms with Crippen LogP contribution < -0.4 is 0 Å². The highest BCUT2D eigenvalue weighted by atomic mass is 19.1. The maximum atomic E-state index is 13.2. The highest BCUT2D eigenvalue weighted by Crippen LogP contribution is 2.23. The van der Waals surface area contributed by atoms with Crippen LogP contribution in [0.5, 0.6) is 0 Å². The first-order valence-electron chi connectivity index (χ1n) is 6.87. The summed E-state index contributed by atoms with van der Waals surface area (Å²) < 4.78 is 26.4. The number of rotatable bonds is 4. The van der Waals surface area contributed by atoms with Crippen LogP contribution in [0.4, 0.5) is 8.78 Å². The second-order valence-electron chi connectivity index (χ2n) is 5.54. The smallest absolute Gasteiger partial charge is 0.307 e. The standard InChI is InChI=1S/C15H19F2NO2/c1-10(12-5-13(16)7-14(17)6-12)8-18-4-2-3-11(9-18)15(19)20/h5-7,10-11H,2-4,8-9H2,1H3,(H,19,20). The zero-order chi connectivity index (χ0) is 14.7. The highest BCUT2D eigenvalue weighted by molar-refractivity contribution is 5.70. The average Bonchev–Trinajstić information content (AvgIpc) is 2.37. The van der Waals surface area contributed by atoms with Crippen LogP contribution >= 0.6 is 0 Å². The Balaban J connectivity index is 2.00. The predicted molar refractivity (Wildman–Crippen MR) is 71.6 cm³/mol. The van der Waals surface area contributed by atoms with E-state index in [0.717, 1.165) is 19.0 Å². The molecule has 2 atom stereocenters. The minimum absolute atomic E-state index is 0.0345. The largest absolute Gasteiger partial charge is 0.481 e. The molecule has 110 valence electrons. The molecular formula is C15H19F2NO2. The molecule has 2 unspecified atom stereocenters. The van der Waals surface area contributed by atoms with Gasteiger partial charge in [-0.15, -0.1) is 0 Å². The first kappa shape index (κ1) is 14.9. The van der Waals surface area contributed by atoms with Crippen LogP contribution in [0.25, 0.3) is 0 Å². The molecule has 3 nitrogen and oxygen atoms in total. The van der Waals surface area contributed by atoms with Gasteiger partial charge in [-0.1, -0.05) is 6.92 Å². The van der Waals surface area contributed by atoms with Crippen LogP contribution in [-0.4, -0.2) is 35.6 Å². The second kappa shape index (κ2) is 6.31. The minimum Gasteiger partial charge on any atom is -0.481 e. The third-order valence-corrected chi connectivity index (χ3v) is 3.84. The fraction of sp³-hybridized carbons (Fsp3) is 0.533. The van der Waals surface area contributed by atoms with Gasteiger partial charge in [0.25, 0.3) is 0 Å². The molecule has 0 amide bonds. The molecule has 0 radical (unpaired) electrons. The van der Waals surface area contributed by atoms with Crippen LogP contribution in [0.1, 0.15) is 31.2 Å². The summed E-state index contributed by atoms with van der Waals surface area (Å²) in [6, 6.07) is 3.54. The second-order valence-corrected chi connectivity index (χ2v) is 5.54. The number of piperidine rings is 1. The Bertz CT molecular complexity index is 473. The predicted octanol–water partition coefficient (Wildman–Crippen LogP) is 2.86. The average molecular weight is 283 g/mol. The minimum atomic E-state index is -0.765. The summed E-state index contributed by atoms with van der Waals surface area (Å²) in [5, 5.41) is 9.05. The summed E-state index contributed by atoms with van der Waals surface area (Å²) in [5.41, 5.74) is 0.611. The van der Waals surface area contributed by atoms with Gasteiger partial charge in [0.1, 0.15) is 11.6 Å². The van der Waals surface area contributed by atoms with Crippen molar-refractivity contribution in [2.45, 2.75) is 25.7 Å². The summed E-state index contributed by atoms with van der Waals surface area (Å²) in [6.45, 7) is 3.87. The van der Waals surface area contributed by atoms with Crippen molar-refractivity contribution in [1.82, 2.24) is 4.90 Å². The van der Waals surface area contributed by atoms with Crippen molar-refractivity contribution in [3.05, 3.63) is 35.4 Å².